The van der Waals surface area contributed by atoms with E-state index in [1.165, 1.54) is 12.1 Å². The van der Waals surface area contributed by atoms with Crippen molar-refractivity contribution >= 4 is 10.1 Å². The number of halogens is 3. The van der Waals surface area contributed by atoms with E-state index < -0.39 is 28.0 Å². The predicted molar refractivity (Wildman–Crippen MR) is 46.5 cm³/mol. The van der Waals surface area contributed by atoms with Gasteiger partial charge in [0.25, 0.3) is 0 Å². The Hall–Kier alpha value is -0.280. The molecule has 17 heavy (non-hydrogen) atoms. The van der Waals surface area contributed by atoms with Gasteiger partial charge < -0.3 is 9.29 Å². The van der Waals surface area contributed by atoms with Gasteiger partial charge >= 0.3 is 35.9 Å². The van der Waals surface area contributed by atoms with Crippen molar-refractivity contribution in [3.63, 3.8) is 0 Å². The third-order valence-corrected chi connectivity index (χ3v) is 2.20. The molecule has 0 N–H and O–H groups in total. The van der Waals surface area contributed by atoms with E-state index >= 15 is 0 Å². The van der Waals surface area contributed by atoms with Gasteiger partial charge in [0, 0.05) is 5.56 Å². The molecule has 9 heteroatoms. The summed E-state index contributed by atoms with van der Waals surface area (Å²) in [6, 6.07) is 4.57. The zero-order valence-corrected chi connectivity index (χ0v) is 11.5. The van der Waals surface area contributed by atoms with Crippen LogP contribution in [0, 0.1) is 0 Å². The van der Waals surface area contributed by atoms with E-state index in [2.05, 4.69) is 4.74 Å². The van der Waals surface area contributed by atoms with E-state index in [1.807, 2.05) is 0 Å². The van der Waals surface area contributed by atoms with Gasteiger partial charge in [-0.05, 0) is 6.07 Å². The minimum atomic E-state index is -4.93. The van der Waals surface area contributed by atoms with Crippen LogP contribution in [-0.2, 0) is 15.9 Å². The molecule has 0 atom stereocenters. The topological polar surface area (TPSA) is 66.4 Å². The molecule has 0 saturated carbocycles. The Balaban J connectivity index is 0.00000256. The smallest absolute Gasteiger partial charge is 0.748 e. The van der Waals surface area contributed by atoms with Gasteiger partial charge in [-0.15, -0.1) is 13.2 Å². The number of benzene rings is 1. The molecule has 0 spiro atoms. The first-order valence-electron chi connectivity index (χ1n) is 3.94. The van der Waals surface area contributed by atoms with Crippen LogP contribution in [0.4, 0.5) is 13.2 Å². The molecule has 0 heterocycles. The van der Waals surface area contributed by atoms with Crippen molar-refractivity contribution in [3.8, 4) is 5.75 Å². The molecule has 4 nitrogen and oxygen atoms in total. The van der Waals surface area contributed by atoms with Gasteiger partial charge in [0.1, 0.15) is 5.75 Å². The Morgan fingerprint density at radius 1 is 1.24 bits per heavy atom. The second kappa shape index (κ2) is 6.05. The van der Waals surface area contributed by atoms with E-state index in [9.17, 15) is 26.1 Å². The minimum absolute atomic E-state index is 0. The number of alkyl halides is 3. The molecule has 0 amide bonds. The largest absolute Gasteiger partial charge is 1.00 e. The molecule has 0 aliphatic rings. The number of para-hydroxylation sites is 1. The van der Waals surface area contributed by atoms with Crippen LogP contribution in [0.15, 0.2) is 24.3 Å². The summed E-state index contributed by atoms with van der Waals surface area (Å²) >= 11 is 0. The van der Waals surface area contributed by atoms with E-state index in [0.717, 1.165) is 12.1 Å². The van der Waals surface area contributed by atoms with Crippen LogP contribution in [0.3, 0.4) is 0 Å². The fourth-order valence-electron chi connectivity index (χ4n) is 1.04. The molecule has 0 fully saturated rings. The maximum Gasteiger partial charge on any atom is 1.00 e. The Kier molecular flexibility index (Phi) is 5.95. The number of hydrogen-bond acceptors (Lipinski definition) is 4. The molecule has 0 aliphatic heterocycles. The van der Waals surface area contributed by atoms with Crippen molar-refractivity contribution in [2.45, 2.75) is 12.1 Å². The predicted octanol–water partition coefficient (Wildman–Crippen LogP) is -1.37. The number of ether oxygens (including phenoxy) is 1. The Morgan fingerprint density at radius 3 is 2.24 bits per heavy atom. The van der Waals surface area contributed by atoms with Crippen LogP contribution < -0.4 is 34.3 Å². The summed E-state index contributed by atoms with van der Waals surface area (Å²) in [5, 5.41) is 0. The number of hydrogen-bond donors (Lipinski definition) is 0. The summed E-state index contributed by atoms with van der Waals surface area (Å²) in [6.45, 7) is 0. The maximum absolute atomic E-state index is 11.9. The fraction of sp³-hybridized carbons (Fsp3) is 0.250. The monoisotopic (exact) mass is 278 g/mol. The standard InChI is InChI=1S/C8H7F3O4S.Na/c9-8(10,11)15-7-4-2-1-3-6(7)5-16(12,13)14;/h1-4H,5H2,(H,12,13,14);/q;+1/p-1. The van der Waals surface area contributed by atoms with Gasteiger partial charge in [-0.3, -0.25) is 0 Å². The van der Waals surface area contributed by atoms with Crippen molar-refractivity contribution in [3.05, 3.63) is 29.8 Å². The molecule has 1 aromatic carbocycles. The normalized spacial score (nSPS) is 11.8. The Labute approximate surface area is 118 Å². The van der Waals surface area contributed by atoms with E-state index in [-0.39, 0.29) is 35.1 Å². The van der Waals surface area contributed by atoms with Gasteiger partial charge in [0.2, 0.25) is 0 Å². The molecule has 0 aliphatic carbocycles. The van der Waals surface area contributed by atoms with Crippen LogP contribution in [0.1, 0.15) is 5.56 Å². The number of rotatable bonds is 3. The third kappa shape index (κ3) is 6.89. The molecule has 0 bridgehead atoms. The van der Waals surface area contributed by atoms with Crippen LogP contribution in [0.25, 0.3) is 0 Å². The summed E-state index contributed by atoms with van der Waals surface area (Å²) in [5.41, 5.74) is -0.324. The van der Waals surface area contributed by atoms with Crippen LogP contribution in [0.2, 0.25) is 0 Å². The summed E-state index contributed by atoms with van der Waals surface area (Å²) in [7, 11) is -4.65. The zero-order valence-electron chi connectivity index (χ0n) is 8.69. The van der Waals surface area contributed by atoms with Crippen molar-refractivity contribution < 1.29 is 60.4 Å². The first kappa shape index (κ1) is 16.7. The van der Waals surface area contributed by atoms with Crippen molar-refractivity contribution in [1.29, 1.82) is 0 Å². The molecule has 0 radical (unpaired) electrons. The quantitative estimate of drug-likeness (QED) is 0.505. The van der Waals surface area contributed by atoms with Gasteiger partial charge in [-0.25, -0.2) is 8.42 Å². The van der Waals surface area contributed by atoms with Crippen LogP contribution in [-0.4, -0.2) is 19.3 Å². The van der Waals surface area contributed by atoms with Gasteiger partial charge in [-0.1, -0.05) is 18.2 Å². The zero-order chi connectivity index (χ0) is 12.4. The van der Waals surface area contributed by atoms with Crippen molar-refractivity contribution in [1.82, 2.24) is 0 Å². The van der Waals surface area contributed by atoms with Gasteiger partial charge in [-0.2, -0.15) is 0 Å². The van der Waals surface area contributed by atoms with Crippen molar-refractivity contribution in [2.75, 3.05) is 0 Å². The Morgan fingerprint density at radius 2 is 1.76 bits per heavy atom. The summed E-state index contributed by atoms with van der Waals surface area (Å²) < 4.78 is 70.6. The summed E-state index contributed by atoms with van der Waals surface area (Å²) in [5.74, 6) is -1.73. The Bertz CT molecular complexity index is 472. The van der Waals surface area contributed by atoms with E-state index in [0.29, 0.717) is 0 Å². The first-order chi connectivity index (χ1) is 7.17. The molecular formula is C8H6F3NaO4S. The summed E-state index contributed by atoms with van der Waals surface area (Å²) in [4.78, 5) is 0. The molecule has 90 valence electrons. The molecule has 0 unspecified atom stereocenters. The molecule has 1 aromatic rings. The molecular weight excluding hydrogens is 272 g/mol. The SMILES string of the molecule is O=S(=O)([O-])Cc1ccccc1OC(F)(F)F.[Na+]. The van der Waals surface area contributed by atoms with Crippen molar-refractivity contribution in [2.24, 2.45) is 0 Å². The fourth-order valence-corrected chi connectivity index (χ4v) is 1.66. The average Bonchev–Trinajstić information content (AvgIpc) is 2.03. The molecule has 1 rings (SSSR count). The van der Waals surface area contributed by atoms with Gasteiger partial charge in [0.15, 0.2) is 0 Å². The average molecular weight is 278 g/mol. The second-order valence-corrected chi connectivity index (χ2v) is 4.26. The molecule has 0 aromatic heterocycles. The summed E-state index contributed by atoms with van der Waals surface area (Å²) in [6.07, 6.45) is -4.93. The van der Waals surface area contributed by atoms with E-state index in [1.54, 1.807) is 0 Å². The maximum atomic E-state index is 11.9. The van der Waals surface area contributed by atoms with Gasteiger partial charge in [0.05, 0.1) is 15.9 Å². The first-order valence-corrected chi connectivity index (χ1v) is 5.52. The van der Waals surface area contributed by atoms with E-state index in [4.69, 9.17) is 0 Å². The minimum Gasteiger partial charge on any atom is -0.748 e. The second-order valence-electron chi connectivity index (χ2n) is 2.86. The molecule has 0 saturated heterocycles. The van der Waals surface area contributed by atoms with Crippen LogP contribution in [0.5, 0.6) is 5.75 Å². The third-order valence-electron chi connectivity index (χ3n) is 1.53. The van der Waals surface area contributed by atoms with Crippen LogP contribution >= 0.6 is 0 Å².